The quantitative estimate of drug-likeness (QED) is 0.715. The molecule has 3 aliphatic rings. The number of carbonyl (C=O) groups is 2. The predicted molar refractivity (Wildman–Crippen MR) is 63.1 cm³/mol. The van der Waals surface area contributed by atoms with Crippen molar-refractivity contribution < 1.29 is 9.59 Å². The second-order valence-corrected chi connectivity index (χ2v) is 6.29. The summed E-state index contributed by atoms with van der Waals surface area (Å²) in [4.78, 5) is 26.2. The molecule has 2 saturated heterocycles. The van der Waals surface area contributed by atoms with E-state index in [4.69, 9.17) is 0 Å². The van der Waals surface area contributed by atoms with Gasteiger partial charge < -0.3 is 5.32 Å². The largest absolute Gasteiger partial charge is 0.316 e. The van der Waals surface area contributed by atoms with Gasteiger partial charge in [0, 0.05) is 25.6 Å². The lowest BCUT2D eigenvalue weighted by atomic mass is 9.78. The number of piperidine rings is 1. The highest BCUT2D eigenvalue weighted by molar-refractivity contribution is 6.06. The van der Waals surface area contributed by atoms with Crippen molar-refractivity contribution in [2.75, 3.05) is 13.1 Å². The Morgan fingerprint density at radius 1 is 1.29 bits per heavy atom. The number of imide groups is 1. The number of rotatable bonds is 2. The zero-order valence-corrected chi connectivity index (χ0v) is 10.7. The molecule has 0 radical (unpaired) electrons. The van der Waals surface area contributed by atoms with Crippen LogP contribution < -0.4 is 5.32 Å². The lowest BCUT2D eigenvalue weighted by Gasteiger charge is -2.26. The number of hydrogen-bond donors (Lipinski definition) is 1. The van der Waals surface area contributed by atoms with Crippen LogP contribution in [0.4, 0.5) is 0 Å². The Balaban J connectivity index is 1.83. The van der Waals surface area contributed by atoms with E-state index in [-0.39, 0.29) is 23.8 Å². The first kappa shape index (κ1) is 11.2. The standard InChI is InChI=1S/C13H20N2O2/c1-7(2)13(3)4-10(16)15(12(13)17)11-8-5-14-6-9(8)11/h7-9,11,14H,4-6H2,1-3H3. The fourth-order valence-electron chi connectivity index (χ4n) is 3.38. The second kappa shape index (κ2) is 3.31. The zero-order chi connectivity index (χ0) is 12.4. The highest BCUT2D eigenvalue weighted by Crippen LogP contribution is 2.51. The summed E-state index contributed by atoms with van der Waals surface area (Å²) in [7, 11) is 0. The molecular weight excluding hydrogens is 216 g/mol. The van der Waals surface area contributed by atoms with Crippen molar-refractivity contribution in [2.24, 2.45) is 23.2 Å². The summed E-state index contributed by atoms with van der Waals surface area (Å²) in [5.74, 6) is 1.39. The lowest BCUT2D eigenvalue weighted by molar-refractivity contribution is -0.143. The van der Waals surface area contributed by atoms with E-state index in [1.54, 1.807) is 4.90 Å². The van der Waals surface area contributed by atoms with Gasteiger partial charge in [0.25, 0.3) is 0 Å². The van der Waals surface area contributed by atoms with E-state index < -0.39 is 5.41 Å². The molecular formula is C13H20N2O2. The van der Waals surface area contributed by atoms with Gasteiger partial charge in [-0.1, -0.05) is 13.8 Å². The van der Waals surface area contributed by atoms with Crippen LogP contribution in [0.25, 0.3) is 0 Å². The van der Waals surface area contributed by atoms with Crippen molar-refractivity contribution in [3.05, 3.63) is 0 Å². The minimum absolute atomic E-state index is 0.0469. The third kappa shape index (κ3) is 1.33. The SMILES string of the molecule is CC(C)C1(C)CC(=O)N(C2C3CNCC32)C1=O. The molecule has 3 fully saturated rings. The zero-order valence-electron chi connectivity index (χ0n) is 10.7. The van der Waals surface area contributed by atoms with Gasteiger partial charge >= 0.3 is 0 Å². The van der Waals surface area contributed by atoms with Crippen molar-refractivity contribution in [3.8, 4) is 0 Å². The Kier molecular flexibility index (Phi) is 2.18. The minimum atomic E-state index is -0.471. The molecule has 0 bridgehead atoms. The van der Waals surface area contributed by atoms with Crippen molar-refractivity contribution in [2.45, 2.75) is 33.2 Å². The van der Waals surface area contributed by atoms with Gasteiger partial charge in [-0.25, -0.2) is 0 Å². The van der Waals surface area contributed by atoms with Crippen molar-refractivity contribution >= 4 is 11.8 Å². The topological polar surface area (TPSA) is 49.4 Å². The van der Waals surface area contributed by atoms with Crippen molar-refractivity contribution in [1.82, 2.24) is 10.2 Å². The summed E-state index contributed by atoms with van der Waals surface area (Å²) in [5.41, 5.74) is -0.471. The highest BCUT2D eigenvalue weighted by atomic mass is 16.2. The second-order valence-electron chi connectivity index (χ2n) is 6.29. The van der Waals surface area contributed by atoms with Crippen LogP contribution in [0.15, 0.2) is 0 Å². The third-order valence-corrected chi connectivity index (χ3v) is 5.11. The van der Waals surface area contributed by atoms with Crippen LogP contribution in [0.1, 0.15) is 27.2 Å². The van der Waals surface area contributed by atoms with E-state index in [2.05, 4.69) is 5.32 Å². The van der Waals surface area contributed by atoms with E-state index >= 15 is 0 Å². The maximum Gasteiger partial charge on any atom is 0.236 e. The summed E-state index contributed by atoms with van der Waals surface area (Å²) < 4.78 is 0. The molecule has 2 heterocycles. The van der Waals surface area contributed by atoms with Gasteiger partial charge in [0.15, 0.2) is 0 Å². The number of hydrogen-bond acceptors (Lipinski definition) is 3. The van der Waals surface area contributed by atoms with Gasteiger partial charge in [0.1, 0.15) is 0 Å². The smallest absolute Gasteiger partial charge is 0.236 e. The fourth-order valence-corrected chi connectivity index (χ4v) is 3.38. The monoisotopic (exact) mass is 236 g/mol. The summed E-state index contributed by atoms with van der Waals surface area (Å²) in [6, 6.07) is 0.205. The number of nitrogens with one attached hydrogen (secondary N) is 1. The lowest BCUT2D eigenvalue weighted by Crippen LogP contribution is -2.41. The third-order valence-electron chi connectivity index (χ3n) is 5.11. The summed E-state index contributed by atoms with van der Waals surface area (Å²) in [5, 5.41) is 3.30. The fraction of sp³-hybridized carbons (Fsp3) is 0.846. The molecule has 17 heavy (non-hydrogen) atoms. The molecule has 3 unspecified atom stereocenters. The maximum absolute atomic E-state index is 12.5. The van der Waals surface area contributed by atoms with E-state index in [0.717, 1.165) is 13.1 Å². The molecule has 0 aromatic carbocycles. The molecule has 94 valence electrons. The maximum atomic E-state index is 12.5. The van der Waals surface area contributed by atoms with Crippen LogP contribution >= 0.6 is 0 Å². The molecule has 4 heteroatoms. The first-order chi connectivity index (χ1) is 7.97. The predicted octanol–water partition coefficient (Wildman–Crippen LogP) is 0.625. The number of fused-ring (bicyclic) bond motifs is 1. The Labute approximate surface area is 102 Å². The van der Waals surface area contributed by atoms with E-state index in [0.29, 0.717) is 18.3 Å². The number of carbonyl (C=O) groups excluding carboxylic acids is 2. The van der Waals surface area contributed by atoms with Gasteiger partial charge in [0.05, 0.1) is 5.41 Å². The highest BCUT2D eigenvalue weighted by Gasteiger charge is 2.63. The average Bonchev–Trinajstić information content (AvgIpc) is 2.65. The Bertz CT molecular complexity index is 383. The van der Waals surface area contributed by atoms with Crippen molar-refractivity contribution in [1.29, 1.82) is 0 Å². The molecule has 1 saturated carbocycles. The molecule has 0 aromatic rings. The summed E-state index contributed by atoms with van der Waals surface area (Å²) in [6.45, 7) is 7.93. The van der Waals surface area contributed by atoms with Crippen LogP contribution in [0, 0.1) is 23.2 Å². The first-order valence-corrected chi connectivity index (χ1v) is 6.54. The van der Waals surface area contributed by atoms with Crippen LogP contribution in [0.5, 0.6) is 0 Å². The molecule has 0 aromatic heterocycles. The van der Waals surface area contributed by atoms with Crippen molar-refractivity contribution in [3.63, 3.8) is 0 Å². The number of nitrogens with zero attached hydrogens (tertiary/aromatic N) is 1. The molecule has 1 N–H and O–H groups in total. The van der Waals surface area contributed by atoms with Gasteiger partial charge in [-0.2, -0.15) is 0 Å². The molecule has 2 aliphatic heterocycles. The van der Waals surface area contributed by atoms with Gasteiger partial charge in [-0.05, 0) is 24.7 Å². The Morgan fingerprint density at radius 3 is 2.35 bits per heavy atom. The van der Waals surface area contributed by atoms with Gasteiger partial charge in [-0.3, -0.25) is 14.5 Å². The van der Waals surface area contributed by atoms with Crippen LogP contribution in [0.3, 0.4) is 0 Å². The minimum Gasteiger partial charge on any atom is -0.316 e. The van der Waals surface area contributed by atoms with Crippen LogP contribution in [-0.2, 0) is 9.59 Å². The van der Waals surface area contributed by atoms with Gasteiger partial charge in [0.2, 0.25) is 11.8 Å². The average molecular weight is 236 g/mol. The molecule has 0 spiro atoms. The molecule has 4 nitrogen and oxygen atoms in total. The first-order valence-electron chi connectivity index (χ1n) is 6.54. The van der Waals surface area contributed by atoms with Gasteiger partial charge in [-0.15, -0.1) is 0 Å². The Morgan fingerprint density at radius 2 is 1.88 bits per heavy atom. The summed E-state index contributed by atoms with van der Waals surface area (Å²) >= 11 is 0. The van der Waals surface area contributed by atoms with E-state index in [1.807, 2.05) is 20.8 Å². The number of likely N-dealkylation sites (tertiary alicyclic amines) is 1. The van der Waals surface area contributed by atoms with Crippen LogP contribution in [0.2, 0.25) is 0 Å². The molecule has 3 atom stereocenters. The Hall–Kier alpha value is -0.900. The number of amides is 2. The van der Waals surface area contributed by atoms with Crippen LogP contribution in [-0.4, -0.2) is 35.8 Å². The summed E-state index contributed by atoms with van der Waals surface area (Å²) in [6.07, 6.45) is 0.396. The van der Waals surface area contributed by atoms with E-state index in [1.165, 1.54) is 0 Å². The normalized spacial score (nSPS) is 44.7. The molecule has 1 aliphatic carbocycles. The molecule has 3 rings (SSSR count). The van der Waals surface area contributed by atoms with E-state index in [9.17, 15) is 9.59 Å². The molecule has 2 amide bonds.